The third-order valence-corrected chi connectivity index (χ3v) is 4.23. The van der Waals surface area contributed by atoms with Crippen molar-refractivity contribution in [2.24, 2.45) is 0 Å². The summed E-state index contributed by atoms with van der Waals surface area (Å²) in [5.41, 5.74) is 3.99. The van der Waals surface area contributed by atoms with Gasteiger partial charge in [0, 0.05) is 0 Å². The molecule has 3 aromatic rings. The summed E-state index contributed by atoms with van der Waals surface area (Å²) in [5, 5.41) is 0.474. The first kappa shape index (κ1) is 12.1. The lowest BCUT2D eigenvalue weighted by molar-refractivity contribution is 0.594. The van der Waals surface area contributed by atoms with E-state index in [4.69, 9.17) is 23.2 Å². The lowest BCUT2D eigenvalue weighted by Gasteiger charge is -2.14. The lowest BCUT2D eigenvalue weighted by atomic mass is 10.1. The van der Waals surface area contributed by atoms with Crippen LogP contribution >= 0.6 is 23.2 Å². The van der Waals surface area contributed by atoms with Crippen molar-refractivity contribution >= 4 is 34.4 Å². The van der Waals surface area contributed by atoms with Crippen LogP contribution in [0, 0.1) is 0 Å². The molecule has 0 aliphatic heterocycles. The molecule has 1 aliphatic rings. The maximum absolute atomic E-state index is 6.22. The Kier molecular flexibility index (Phi) is 2.69. The molecule has 1 atom stereocenters. The first-order valence-corrected chi connectivity index (χ1v) is 7.13. The van der Waals surface area contributed by atoms with E-state index in [1.807, 2.05) is 0 Å². The number of rotatable bonds is 1. The van der Waals surface area contributed by atoms with Gasteiger partial charge in [0.1, 0.15) is 5.52 Å². The molecule has 0 saturated heterocycles. The summed E-state index contributed by atoms with van der Waals surface area (Å²) < 4.78 is 2.06. The highest BCUT2D eigenvalue weighted by Crippen LogP contribution is 2.36. The highest BCUT2D eigenvalue weighted by molar-refractivity contribution is 6.35. The molecule has 2 heterocycles. The van der Waals surface area contributed by atoms with Gasteiger partial charge in [0.05, 0.1) is 12.4 Å². The van der Waals surface area contributed by atoms with E-state index < -0.39 is 0 Å². The van der Waals surface area contributed by atoms with Crippen LogP contribution in [0.25, 0.3) is 11.2 Å². The number of hydrogen-bond donors (Lipinski definition) is 0. The van der Waals surface area contributed by atoms with Crippen LogP contribution in [0.5, 0.6) is 0 Å². The van der Waals surface area contributed by atoms with E-state index in [1.54, 1.807) is 6.33 Å². The third kappa shape index (κ3) is 1.72. The minimum Gasteiger partial charge on any atom is -0.319 e. The fourth-order valence-corrected chi connectivity index (χ4v) is 3.41. The summed E-state index contributed by atoms with van der Waals surface area (Å²) in [6, 6.07) is 8.69. The Morgan fingerprint density at radius 2 is 2.00 bits per heavy atom. The number of aromatic nitrogens is 4. The molecule has 0 saturated carbocycles. The molecule has 0 unspecified atom stereocenters. The predicted octanol–water partition coefficient (Wildman–Crippen LogP) is 3.67. The van der Waals surface area contributed by atoms with Crippen LogP contribution in [-0.4, -0.2) is 19.5 Å². The molecule has 0 bridgehead atoms. The number of aryl methyl sites for hydroxylation is 1. The van der Waals surface area contributed by atoms with E-state index in [-0.39, 0.29) is 11.3 Å². The molecular weight excluding hydrogens is 295 g/mol. The maximum Gasteiger partial charge on any atom is 0.225 e. The van der Waals surface area contributed by atoms with Crippen LogP contribution in [0.4, 0.5) is 0 Å². The van der Waals surface area contributed by atoms with Crippen molar-refractivity contribution in [3.63, 3.8) is 0 Å². The van der Waals surface area contributed by atoms with Gasteiger partial charge in [0.2, 0.25) is 5.28 Å². The van der Waals surface area contributed by atoms with E-state index in [2.05, 4.69) is 43.8 Å². The Morgan fingerprint density at radius 1 is 1.15 bits per heavy atom. The number of nitrogens with zero attached hydrogens (tertiary/aromatic N) is 4. The molecule has 0 fully saturated rings. The second kappa shape index (κ2) is 4.43. The number of imidazole rings is 1. The zero-order chi connectivity index (χ0) is 13.7. The summed E-state index contributed by atoms with van der Waals surface area (Å²) in [6.07, 6.45) is 3.87. The molecule has 4 nitrogen and oxygen atoms in total. The van der Waals surface area contributed by atoms with Crippen molar-refractivity contribution in [2.45, 2.75) is 18.9 Å². The second-order valence-corrected chi connectivity index (χ2v) is 5.56. The van der Waals surface area contributed by atoms with E-state index in [0.29, 0.717) is 10.8 Å². The Labute approximate surface area is 125 Å². The Hall–Kier alpha value is -1.65. The van der Waals surface area contributed by atoms with Crippen LogP contribution in [0.2, 0.25) is 10.4 Å². The minimum absolute atomic E-state index is 0.125. The van der Waals surface area contributed by atoms with Gasteiger partial charge >= 0.3 is 0 Å². The van der Waals surface area contributed by atoms with Gasteiger partial charge in [0.25, 0.3) is 0 Å². The Morgan fingerprint density at radius 3 is 2.90 bits per heavy atom. The van der Waals surface area contributed by atoms with E-state index >= 15 is 0 Å². The van der Waals surface area contributed by atoms with Gasteiger partial charge in [-0.2, -0.15) is 4.98 Å². The first-order chi connectivity index (χ1) is 9.74. The van der Waals surface area contributed by atoms with Crippen molar-refractivity contribution in [3.8, 4) is 0 Å². The van der Waals surface area contributed by atoms with Crippen LogP contribution < -0.4 is 0 Å². The van der Waals surface area contributed by atoms with Crippen LogP contribution in [0.3, 0.4) is 0 Å². The fourth-order valence-electron chi connectivity index (χ4n) is 2.94. The van der Waals surface area contributed by atoms with Gasteiger partial charge < -0.3 is 4.57 Å². The number of benzene rings is 1. The highest BCUT2D eigenvalue weighted by Gasteiger charge is 2.26. The van der Waals surface area contributed by atoms with Crippen molar-refractivity contribution in [1.82, 2.24) is 19.5 Å². The van der Waals surface area contributed by atoms with Gasteiger partial charge in [-0.1, -0.05) is 35.9 Å². The summed E-state index contributed by atoms with van der Waals surface area (Å²) in [4.78, 5) is 12.4. The zero-order valence-corrected chi connectivity index (χ0v) is 11.9. The second-order valence-electron chi connectivity index (χ2n) is 4.86. The van der Waals surface area contributed by atoms with Gasteiger partial charge in [-0.05, 0) is 35.6 Å². The van der Waals surface area contributed by atoms with Gasteiger partial charge in [-0.25, -0.2) is 9.97 Å². The largest absolute Gasteiger partial charge is 0.319 e. The molecule has 0 radical (unpaired) electrons. The average molecular weight is 305 g/mol. The van der Waals surface area contributed by atoms with Crippen molar-refractivity contribution in [2.75, 3.05) is 0 Å². The molecule has 6 heteroatoms. The predicted molar refractivity (Wildman–Crippen MR) is 78.2 cm³/mol. The smallest absolute Gasteiger partial charge is 0.225 e. The molecule has 2 aromatic heterocycles. The molecular formula is C14H10Cl2N4. The molecule has 1 aromatic carbocycles. The molecule has 0 N–H and O–H groups in total. The number of fused-ring (bicyclic) bond motifs is 2. The zero-order valence-electron chi connectivity index (χ0n) is 10.4. The molecule has 0 spiro atoms. The fraction of sp³-hybridized carbons (Fsp3) is 0.214. The summed E-state index contributed by atoms with van der Waals surface area (Å²) in [5.74, 6) is 0. The SMILES string of the molecule is Clc1nc(Cl)c2c(ncn2[C@@H]2CCc3ccccc32)n1. The molecule has 0 amide bonds. The minimum atomic E-state index is 0.125. The van der Waals surface area contributed by atoms with Gasteiger partial charge in [-0.15, -0.1) is 0 Å². The lowest BCUT2D eigenvalue weighted by Crippen LogP contribution is -2.06. The standard InChI is InChI=1S/C14H10Cl2N4/c15-12-11-13(19-14(16)18-12)17-7-20(11)10-6-5-8-3-1-2-4-9(8)10/h1-4,7,10H,5-6H2/t10-/m1/s1. The van der Waals surface area contributed by atoms with Crippen LogP contribution in [0.1, 0.15) is 23.6 Å². The summed E-state index contributed by atoms with van der Waals surface area (Å²) in [6.45, 7) is 0. The quantitative estimate of drug-likeness (QED) is 0.509. The monoisotopic (exact) mass is 304 g/mol. The van der Waals surface area contributed by atoms with Crippen molar-refractivity contribution in [1.29, 1.82) is 0 Å². The number of hydrogen-bond acceptors (Lipinski definition) is 3. The summed E-state index contributed by atoms with van der Waals surface area (Å²) >= 11 is 12.0. The van der Waals surface area contributed by atoms with Gasteiger partial charge in [0.15, 0.2) is 10.8 Å². The Balaban J connectivity index is 1.92. The molecule has 20 heavy (non-hydrogen) atoms. The molecule has 1 aliphatic carbocycles. The van der Waals surface area contributed by atoms with Crippen LogP contribution in [0.15, 0.2) is 30.6 Å². The maximum atomic E-state index is 6.22. The van der Waals surface area contributed by atoms with E-state index in [1.165, 1.54) is 11.1 Å². The molecule has 100 valence electrons. The van der Waals surface area contributed by atoms with Gasteiger partial charge in [-0.3, -0.25) is 0 Å². The van der Waals surface area contributed by atoms with Crippen molar-refractivity contribution in [3.05, 3.63) is 52.2 Å². The average Bonchev–Trinajstić information content (AvgIpc) is 3.01. The van der Waals surface area contributed by atoms with Crippen LogP contribution in [-0.2, 0) is 6.42 Å². The van der Waals surface area contributed by atoms with Crippen molar-refractivity contribution < 1.29 is 0 Å². The Bertz CT molecular complexity index is 812. The third-order valence-electron chi connectivity index (χ3n) is 3.80. The van der Waals surface area contributed by atoms with E-state index in [9.17, 15) is 0 Å². The topological polar surface area (TPSA) is 43.6 Å². The normalized spacial score (nSPS) is 17.6. The highest BCUT2D eigenvalue weighted by atomic mass is 35.5. The number of halogens is 2. The van der Waals surface area contributed by atoms with E-state index in [0.717, 1.165) is 18.4 Å². The first-order valence-electron chi connectivity index (χ1n) is 6.37. The summed E-state index contributed by atoms with van der Waals surface area (Å²) in [7, 11) is 0. The molecule has 4 rings (SSSR count).